The Morgan fingerprint density at radius 3 is 2.63 bits per heavy atom. The van der Waals surface area contributed by atoms with E-state index in [1.165, 1.54) is 24.2 Å². The topological polar surface area (TPSA) is 53.4 Å². The quantitative estimate of drug-likeness (QED) is 0.930. The van der Waals surface area contributed by atoms with Gasteiger partial charge in [-0.1, -0.05) is 41.7 Å². The van der Waals surface area contributed by atoms with Crippen molar-refractivity contribution in [2.24, 2.45) is 0 Å². The van der Waals surface area contributed by atoms with E-state index in [4.69, 9.17) is 0 Å². The SMILES string of the molecule is CN(c1nc(-c2ccccc2)c(C(=O)O)s1)C1CC1. The van der Waals surface area contributed by atoms with E-state index in [0.717, 1.165) is 10.7 Å². The number of thiazole rings is 1. The fourth-order valence-electron chi connectivity index (χ4n) is 2.01. The molecule has 5 heteroatoms. The molecule has 98 valence electrons. The highest BCUT2D eigenvalue weighted by Gasteiger charge is 2.30. The first-order chi connectivity index (χ1) is 9.16. The number of carboxylic acid groups (broad SMARTS) is 1. The minimum Gasteiger partial charge on any atom is -0.477 e. The molecule has 1 saturated carbocycles. The largest absolute Gasteiger partial charge is 0.477 e. The zero-order chi connectivity index (χ0) is 13.4. The van der Waals surface area contributed by atoms with E-state index in [-0.39, 0.29) is 0 Å². The molecule has 1 aromatic heterocycles. The summed E-state index contributed by atoms with van der Waals surface area (Å²) in [4.78, 5) is 18.3. The van der Waals surface area contributed by atoms with Crippen molar-refractivity contribution < 1.29 is 9.90 Å². The first kappa shape index (κ1) is 12.2. The molecule has 0 saturated heterocycles. The summed E-state index contributed by atoms with van der Waals surface area (Å²) in [5, 5.41) is 10.1. The predicted molar refractivity (Wildman–Crippen MR) is 75.9 cm³/mol. The van der Waals surface area contributed by atoms with Gasteiger partial charge >= 0.3 is 5.97 Å². The van der Waals surface area contributed by atoms with Crippen molar-refractivity contribution in [2.45, 2.75) is 18.9 Å². The van der Waals surface area contributed by atoms with Crippen molar-refractivity contribution in [1.29, 1.82) is 0 Å². The number of aromatic nitrogens is 1. The number of aromatic carboxylic acids is 1. The van der Waals surface area contributed by atoms with E-state index >= 15 is 0 Å². The van der Waals surface area contributed by atoms with Crippen molar-refractivity contribution >= 4 is 22.4 Å². The van der Waals surface area contributed by atoms with Gasteiger partial charge < -0.3 is 10.0 Å². The zero-order valence-electron chi connectivity index (χ0n) is 10.5. The molecule has 1 aromatic carbocycles. The van der Waals surface area contributed by atoms with E-state index in [0.29, 0.717) is 16.6 Å². The number of hydrogen-bond donors (Lipinski definition) is 1. The Morgan fingerprint density at radius 2 is 2.05 bits per heavy atom. The van der Waals surface area contributed by atoms with Crippen LogP contribution in [0, 0.1) is 0 Å². The van der Waals surface area contributed by atoms with Crippen molar-refractivity contribution in [2.75, 3.05) is 11.9 Å². The summed E-state index contributed by atoms with van der Waals surface area (Å²) in [7, 11) is 1.98. The highest BCUT2D eigenvalue weighted by atomic mass is 32.1. The molecule has 0 spiro atoms. The predicted octanol–water partition coefficient (Wildman–Crippen LogP) is 3.11. The van der Waals surface area contributed by atoms with E-state index < -0.39 is 5.97 Å². The van der Waals surface area contributed by atoms with Gasteiger partial charge in [-0.15, -0.1) is 0 Å². The molecule has 1 aliphatic rings. The first-order valence-corrected chi connectivity index (χ1v) is 7.01. The van der Waals surface area contributed by atoms with E-state index in [2.05, 4.69) is 9.88 Å². The summed E-state index contributed by atoms with van der Waals surface area (Å²) < 4.78 is 0. The summed E-state index contributed by atoms with van der Waals surface area (Å²) in [5.74, 6) is -0.910. The van der Waals surface area contributed by atoms with Crippen LogP contribution in [-0.4, -0.2) is 29.1 Å². The number of benzene rings is 1. The second kappa shape index (κ2) is 4.66. The fraction of sp³-hybridized carbons (Fsp3) is 0.286. The van der Waals surface area contributed by atoms with Gasteiger partial charge in [-0.05, 0) is 12.8 Å². The molecular formula is C14H14N2O2S. The fourth-order valence-corrected chi connectivity index (χ4v) is 2.97. The van der Waals surface area contributed by atoms with Crippen molar-refractivity contribution in [3.05, 3.63) is 35.2 Å². The van der Waals surface area contributed by atoms with Crippen LogP contribution in [0.1, 0.15) is 22.5 Å². The Balaban J connectivity index is 2.04. The summed E-state index contributed by atoms with van der Waals surface area (Å²) in [6.07, 6.45) is 2.33. The molecule has 19 heavy (non-hydrogen) atoms. The second-order valence-corrected chi connectivity index (χ2v) is 5.66. The smallest absolute Gasteiger partial charge is 0.348 e. The van der Waals surface area contributed by atoms with Crippen LogP contribution in [-0.2, 0) is 0 Å². The van der Waals surface area contributed by atoms with Gasteiger partial charge in [0.25, 0.3) is 0 Å². The third-order valence-corrected chi connectivity index (χ3v) is 4.39. The van der Waals surface area contributed by atoms with Gasteiger partial charge in [0.2, 0.25) is 0 Å². The molecule has 0 atom stereocenters. The molecule has 0 amide bonds. The van der Waals surface area contributed by atoms with Crippen molar-refractivity contribution in [3.8, 4) is 11.3 Å². The second-order valence-electron chi connectivity index (χ2n) is 4.69. The number of rotatable bonds is 4. The van der Waals surface area contributed by atoms with Crippen LogP contribution >= 0.6 is 11.3 Å². The molecule has 2 aromatic rings. The van der Waals surface area contributed by atoms with Gasteiger partial charge in [-0.25, -0.2) is 9.78 Å². The average molecular weight is 274 g/mol. The molecule has 0 bridgehead atoms. The molecule has 0 radical (unpaired) electrons. The van der Waals surface area contributed by atoms with Gasteiger partial charge in [-0.3, -0.25) is 0 Å². The van der Waals surface area contributed by atoms with Gasteiger partial charge in [-0.2, -0.15) is 0 Å². The normalized spacial score (nSPS) is 14.4. The third-order valence-electron chi connectivity index (χ3n) is 3.25. The minimum atomic E-state index is -0.910. The Kier molecular flexibility index (Phi) is 2.98. The Bertz CT molecular complexity index is 605. The molecule has 0 unspecified atom stereocenters. The number of carbonyl (C=O) groups is 1. The maximum absolute atomic E-state index is 11.4. The maximum Gasteiger partial charge on any atom is 0.348 e. The molecule has 1 aliphatic carbocycles. The lowest BCUT2D eigenvalue weighted by atomic mass is 10.1. The van der Waals surface area contributed by atoms with Crippen LogP contribution in [0.5, 0.6) is 0 Å². The lowest BCUT2D eigenvalue weighted by molar-refractivity contribution is 0.0702. The van der Waals surface area contributed by atoms with Crippen LogP contribution in [0.25, 0.3) is 11.3 Å². The van der Waals surface area contributed by atoms with Gasteiger partial charge in [0.15, 0.2) is 5.13 Å². The van der Waals surface area contributed by atoms with Crippen LogP contribution in [0.15, 0.2) is 30.3 Å². The Morgan fingerprint density at radius 1 is 1.37 bits per heavy atom. The lowest BCUT2D eigenvalue weighted by Gasteiger charge is -2.13. The molecule has 1 fully saturated rings. The molecule has 1 N–H and O–H groups in total. The highest BCUT2D eigenvalue weighted by Crippen LogP contribution is 2.37. The van der Waals surface area contributed by atoms with Crippen LogP contribution < -0.4 is 4.90 Å². The van der Waals surface area contributed by atoms with Crippen LogP contribution in [0.3, 0.4) is 0 Å². The van der Waals surface area contributed by atoms with E-state index in [1.807, 2.05) is 37.4 Å². The van der Waals surface area contributed by atoms with Gasteiger partial charge in [0, 0.05) is 18.7 Å². The number of anilines is 1. The maximum atomic E-state index is 11.4. The zero-order valence-corrected chi connectivity index (χ0v) is 11.4. The molecule has 1 heterocycles. The monoisotopic (exact) mass is 274 g/mol. The van der Waals surface area contributed by atoms with Gasteiger partial charge in [0.05, 0.1) is 5.69 Å². The Labute approximate surface area is 115 Å². The minimum absolute atomic E-state index is 0.314. The Hall–Kier alpha value is -1.88. The summed E-state index contributed by atoms with van der Waals surface area (Å²) in [6.45, 7) is 0. The average Bonchev–Trinajstić information content (AvgIpc) is 3.17. The third kappa shape index (κ3) is 2.33. The summed E-state index contributed by atoms with van der Waals surface area (Å²) in [6, 6.07) is 10.0. The molecule has 4 nitrogen and oxygen atoms in total. The summed E-state index contributed by atoms with van der Waals surface area (Å²) >= 11 is 1.25. The van der Waals surface area contributed by atoms with Crippen LogP contribution in [0.2, 0.25) is 0 Å². The lowest BCUT2D eigenvalue weighted by Crippen LogP contribution is -2.18. The van der Waals surface area contributed by atoms with Crippen LogP contribution in [0.4, 0.5) is 5.13 Å². The number of carboxylic acids is 1. The van der Waals surface area contributed by atoms with Crippen molar-refractivity contribution in [3.63, 3.8) is 0 Å². The standard InChI is InChI=1S/C14H14N2O2S/c1-16(10-7-8-10)14-15-11(12(19-14)13(17)18)9-5-3-2-4-6-9/h2-6,10H,7-8H2,1H3,(H,17,18). The summed E-state index contributed by atoms with van der Waals surface area (Å²) in [5.41, 5.74) is 1.42. The van der Waals surface area contributed by atoms with Crippen molar-refractivity contribution in [1.82, 2.24) is 4.98 Å². The number of hydrogen-bond acceptors (Lipinski definition) is 4. The molecular weight excluding hydrogens is 260 g/mol. The molecule has 0 aliphatic heterocycles. The van der Waals surface area contributed by atoms with Gasteiger partial charge in [0.1, 0.15) is 4.88 Å². The molecule has 3 rings (SSSR count). The number of nitrogens with zero attached hydrogens (tertiary/aromatic N) is 2. The van der Waals surface area contributed by atoms with E-state index in [1.54, 1.807) is 0 Å². The highest BCUT2D eigenvalue weighted by molar-refractivity contribution is 7.17. The van der Waals surface area contributed by atoms with E-state index in [9.17, 15) is 9.90 Å². The first-order valence-electron chi connectivity index (χ1n) is 6.19.